The lowest BCUT2D eigenvalue weighted by Gasteiger charge is -2.11. The van der Waals surface area contributed by atoms with Crippen LogP contribution in [0.5, 0.6) is 5.88 Å². The number of ether oxygens (including phenoxy) is 1. The van der Waals surface area contributed by atoms with E-state index >= 15 is 0 Å². The number of pyridine rings is 1. The van der Waals surface area contributed by atoms with Crippen LogP contribution in [0.15, 0.2) is 16.7 Å². The van der Waals surface area contributed by atoms with E-state index in [1.165, 1.54) is 38.5 Å². The summed E-state index contributed by atoms with van der Waals surface area (Å²) in [7, 11) is 0. The molecule has 0 saturated heterocycles. The van der Waals surface area contributed by atoms with E-state index in [0.717, 1.165) is 35.5 Å². The first-order valence-electron chi connectivity index (χ1n) is 7.80. The SMILES string of the molecule is CCCCCCCOc1ncc(Br)cc1CNC1CC1. The molecule has 0 atom stereocenters. The van der Waals surface area contributed by atoms with Crippen LogP contribution in [0.4, 0.5) is 0 Å². The van der Waals surface area contributed by atoms with Gasteiger partial charge in [-0.15, -0.1) is 0 Å². The summed E-state index contributed by atoms with van der Waals surface area (Å²) in [5.41, 5.74) is 1.15. The Morgan fingerprint density at radius 2 is 2.10 bits per heavy atom. The maximum Gasteiger partial charge on any atom is 0.217 e. The number of aromatic nitrogens is 1. The van der Waals surface area contributed by atoms with Gasteiger partial charge in [0, 0.05) is 28.8 Å². The summed E-state index contributed by atoms with van der Waals surface area (Å²) >= 11 is 3.48. The van der Waals surface area contributed by atoms with Crippen LogP contribution >= 0.6 is 15.9 Å². The Hall–Kier alpha value is -0.610. The normalized spacial score (nSPS) is 14.5. The molecule has 1 aliphatic rings. The average molecular weight is 341 g/mol. The zero-order valence-corrected chi connectivity index (χ0v) is 13.9. The van der Waals surface area contributed by atoms with Crippen molar-refractivity contribution in [2.75, 3.05) is 6.61 Å². The Morgan fingerprint density at radius 3 is 2.85 bits per heavy atom. The van der Waals surface area contributed by atoms with Gasteiger partial charge in [0.1, 0.15) is 0 Å². The predicted octanol–water partition coefficient (Wildman–Crippen LogP) is 4.45. The van der Waals surface area contributed by atoms with Gasteiger partial charge in [0.25, 0.3) is 0 Å². The Labute approximate surface area is 130 Å². The van der Waals surface area contributed by atoms with Crippen LogP contribution in [0.25, 0.3) is 0 Å². The van der Waals surface area contributed by atoms with E-state index in [9.17, 15) is 0 Å². The monoisotopic (exact) mass is 340 g/mol. The standard InChI is InChI=1S/C16H25BrN2O/c1-2-3-4-5-6-9-20-16-13(10-14(17)12-19-16)11-18-15-7-8-15/h10,12,15,18H,2-9,11H2,1H3. The minimum atomic E-state index is 0.705. The van der Waals surface area contributed by atoms with Crippen LogP contribution in [-0.2, 0) is 6.54 Å². The second-order valence-corrected chi connectivity index (χ2v) is 6.45. The molecule has 0 radical (unpaired) electrons. The van der Waals surface area contributed by atoms with Crippen molar-refractivity contribution in [2.24, 2.45) is 0 Å². The first kappa shape index (κ1) is 15.8. The number of unbranched alkanes of at least 4 members (excludes halogenated alkanes) is 4. The summed E-state index contributed by atoms with van der Waals surface area (Å²) < 4.78 is 6.87. The smallest absolute Gasteiger partial charge is 0.217 e. The molecule has 4 heteroatoms. The van der Waals surface area contributed by atoms with E-state index in [1.54, 1.807) is 0 Å². The highest BCUT2D eigenvalue weighted by atomic mass is 79.9. The number of nitrogens with zero attached hydrogens (tertiary/aromatic N) is 1. The third-order valence-electron chi connectivity index (χ3n) is 3.54. The fraction of sp³-hybridized carbons (Fsp3) is 0.688. The summed E-state index contributed by atoms with van der Waals surface area (Å²) in [6.07, 6.45) is 10.7. The average Bonchev–Trinajstić information content (AvgIpc) is 3.26. The molecule has 20 heavy (non-hydrogen) atoms. The first-order valence-corrected chi connectivity index (χ1v) is 8.59. The van der Waals surface area contributed by atoms with Gasteiger partial charge < -0.3 is 10.1 Å². The van der Waals surface area contributed by atoms with Crippen molar-refractivity contribution < 1.29 is 4.74 Å². The van der Waals surface area contributed by atoms with Gasteiger partial charge in [-0.25, -0.2) is 4.98 Å². The second-order valence-electron chi connectivity index (χ2n) is 5.54. The largest absolute Gasteiger partial charge is 0.477 e. The molecule has 1 heterocycles. The van der Waals surface area contributed by atoms with Gasteiger partial charge in [-0.3, -0.25) is 0 Å². The summed E-state index contributed by atoms with van der Waals surface area (Å²) in [6.45, 7) is 3.86. The zero-order chi connectivity index (χ0) is 14.2. The van der Waals surface area contributed by atoms with Crippen molar-refractivity contribution in [3.8, 4) is 5.88 Å². The summed E-state index contributed by atoms with van der Waals surface area (Å²) in [4.78, 5) is 4.40. The van der Waals surface area contributed by atoms with Gasteiger partial charge in [-0.05, 0) is 41.3 Å². The predicted molar refractivity (Wildman–Crippen MR) is 86.1 cm³/mol. The van der Waals surface area contributed by atoms with E-state index in [-0.39, 0.29) is 0 Å². The molecule has 0 unspecified atom stereocenters. The fourth-order valence-electron chi connectivity index (χ4n) is 2.14. The van der Waals surface area contributed by atoms with Crippen LogP contribution in [0, 0.1) is 0 Å². The molecule has 1 aromatic heterocycles. The number of halogens is 1. The molecule has 1 saturated carbocycles. The topological polar surface area (TPSA) is 34.1 Å². The molecular weight excluding hydrogens is 316 g/mol. The Morgan fingerprint density at radius 1 is 1.30 bits per heavy atom. The van der Waals surface area contributed by atoms with Gasteiger partial charge in [-0.1, -0.05) is 32.6 Å². The first-order chi connectivity index (χ1) is 9.79. The Bertz CT molecular complexity index is 407. The minimum Gasteiger partial charge on any atom is -0.477 e. The van der Waals surface area contributed by atoms with Crippen LogP contribution < -0.4 is 10.1 Å². The van der Waals surface area contributed by atoms with Gasteiger partial charge in [-0.2, -0.15) is 0 Å². The Kier molecular flexibility index (Phi) is 6.80. The van der Waals surface area contributed by atoms with Gasteiger partial charge in [0.15, 0.2) is 0 Å². The third-order valence-corrected chi connectivity index (χ3v) is 3.97. The van der Waals surface area contributed by atoms with Gasteiger partial charge in [0.05, 0.1) is 6.61 Å². The molecular formula is C16H25BrN2O. The molecule has 3 nitrogen and oxygen atoms in total. The molecule has 0 amide bonds. The fourth-order valence-corrected chi connectivity index (χ4v) is 2.52. The molecule has 1 aromatic rings. The zero-order valence-electron chi connectivity index (χ0n) is 12.3. The van der Waals surface area contributed by atoms with Crippen molar-refractivity contribution in [1.82, 2.24) is 10.3 Å². The molecule has 0 aromatic carbocycles. The quantitative estimate of drug-likeness (QED) is 0.639. The Balaban J connectivity index is 1.76. The van der Waals surface area contributed by atoms with Gasteiger partial charge in [0.2, 0.25) is 5.88 Å². The van der Waals surface area contributed by atoms with Crippen LogP contribution in [0.3, 0.4) is 0 Å². The number of hydrogen-bond acceptors (Lipinski definition) is 3. The highest BCUT2D eigenvalue weighted by molar-refractivity contribution is 9.10. The molecule has 1 fully saturated rings. The lowest BCUT2D eigenvalue weighted by molar-refractivity contribution is 0.289. The second kappa shape index (κ2) is 8.63. The van der Waals surface area contributed by atoms with Crippen molar-refractivity contribution in [1.29, 1.82) is 0 Å². The summed E-state index contributed by atoms with van der Waals surface area (Å²) in [5.74, 6) is 0.789. The molecule has 0 spiro atoms. The molecule has 112 valence electrons. The van der Waals surface area contributed by atoms with Crippen LogP contribution in [0.1, 0.15) is 57.4 Å². The number of nitrogens with one attached hydrogen (secondary N) is 1. The number of hydrogen-bond donors (Lipinski definition) is 1. The van der Waals surface area contributed by atoms with E-state index < -0.39 is 0 Å². The lowest BCUT2D eigenvalue weighted by atomic mass is 10.2. The summed E-state index contributed by atoms with van der Waals surface area (Å²) in [5, 5.41) is 3.52. The van der Waals surface area contributed by atoms with Crippen molar-refractivity contribution in [3.63, 3.8) is 0 Å². The van der Waals surface area contributed by atoms with Crippen LogP contribution in [-0.4, -0.2) is 17.6 Å². The third kappa shape index (κ3) is 5.80. The van der Waals surface area contributed by atoms with Crippen LogP contribution in [0.2, 0.25) is 0 Å². The van der Waals surface area contributed by atoms with E-state index in [1.807, 2.05) is 6.20 Å². The maximum absolute atomic E-state index is 5.85. The summed E-state index contributed by atoms with van der Waals surface area (Å²) in [6, 6.07) is 2.81. The van der Waals surface area contributed by atoms with Crippen molar-refractivity contribution >= 4 is 15.9 Å². The van der Waals surface area contributed by atoms with Crippen molar-refractivity contribution in [3.05, 3.63) is 22.3 Å². The van der Waals surface area contributed by atoms with E-state index in [4.69, 9.17) is 4.74 Å². The molecule has 2 rings (SSSR count). The molecule has 1 aliphatic carbocycles. The van der Waals surface area contributed by atoms with E-state index in [0.29, 0.717) is 6.04 Å². The lowest BCUT2D eigenvalue weighted by Crippen LogP contribution is -2.16. The highest BCUT2D eigenvalue weighted by Gasteiger charge is 2.20. The van der Waals surface area contributed by atoms with E-state index in [2.05, 4.69) is 39.2 Å². The maximum atomic E-state index is 5.85. The minimum absolute atomic E-state index is 0.705. The molecule has 1 N–H and O–H groups in total. The highest BCUT2D eigenvalue weighted by Crippen LogP contribution is 2.23. The van der Waals surface area contributed by atoms with Gasteiger partial charge >= 0.3 is 0 Å². The van der Waals surface area contributed by atoms with Crippen molar-refractivity contribution in [2.45, 2.75) is 64.5 Å². The molecule has 0 bridgehead atoms. The number of rotatable bonds is 10. The molecule has 0 aliphatic heterocycles.